The van der Waals surface area contributed by atoms with Gasteiger partial charge in [0.15, 0.2) is 0 Å². The van der Waals surface area contributed by atoms with Crippen molar-refractivity contribution in [1.29, 1.82) is 0 Å². The standard InChI is InChI=1S/C20H28N4O/c1-3-11-21-20(25)17-10-7-12-24(14-17)15-18-13-23(2)22-19(18)16-8-5-4-6-9-16/h4-6,8-9,13,17H,3,7,10-12,14-15H2,1-2H3,(H,21,25). The summed E-state index contributed by atoms with van der Waals surface area (Å²) >= 11 is 0. The molecule has 25 heavy (non-hydrogen) atoms. The Bertz CT molecular complexity index is 695. The molecule has 0 spiro atoms. The van der Waals surface area contributed by atoms with Crippen molar-refractivity contribution in [3.05, 3.63) is 42.1 Å². The molecule has 1 atom stereocenters. The molecule has 1 N–H and O–H groups in total. The summed E-state index contributed by atoms with van der Waals surface area (Å²) in [6.45, 7) is 5.58. The van der Waals surface area contributed by atoms with Crippen molar-refractivity contribution in [3.63, 3.8) is 0 Å². The molecular formula is C20H28N4O. The molecule has 1 aromatic heterocycles. The molecule has 1 aliphatic heterocycles. The van der Waals surface area contributed by atoms with Gasteiger partial charge in [-0.15, -0.1) is 0 Å². The van der Waals surface area contributed by atoms with Gasteiger partial charge in [0, 0.05) is 44.0 Å². The zero-order chi connectivity index (χ0) is 17.6. The molecule has 3 rings (SSSR count). The summed E-state index contributed by atoms with van der Waals surface area (Å²) in [5, 5.41) is 7.70. The Hall–Kier alpha value is -2.14. The van der Waals surface area contributed by atoms with Crippen LogP contribution in [-0.4, -0.2) is 40.2 Å². The first-order chi connectivity index (χ1) is 12.2. The number of aromatic nitrogens is 2. The number of rotatable bonds is 6. The van der Waals surface area contributed by atoms with Crippen molar-refractivity contribution in [3.8, 4) is 11.3 Å². The Kier molecular flexibility index (Phi) is 5.87. The van der Waals surface area contributed by atoms with Crippen molar-refractivity contribution in [2.24, 2.45) is 13.0 Å². The van der Waals surface area contributed by atoms with Crippen molar-refractivity contribution in [2.75, 3.05) is 19.6 Å². The lowest BCUT2D eigenvalue weighted by Crippen LogP contribution is -2.42. The second-order valence-electron chi connectivity index (χ2n) is 6.91. The number of hydrogen-bond donors (Lipinski definition) is 1. The van der Waals surface area contributed by atoms with Crippen LogP contribution < -0.4 is 5.32 Å². The van der Waals surface area contributed by atoms with Crippen LogP contribution in [0.25, 0.3) is 11.3 Å². The maximum atomic E-state index is 12.3. The number of carbonyl (C=O) groups is 1. The highest BCUT2D eigenvalue weighted by Crippen LogP contribution is 2.25. The predicted molar refractivity (Wildman–Crippen MR) is 99.9 cm³/mol. The summed E-state index contributed by atoms with van der Waals surface area (Å²) in [6.07, 6.45) is 5.15. The van der Waals surface area contributed by atoms with E-state index in [9.17, 15) is 4.79 Å². The molecule has 0 saturated carbocycles. The second kappa shape index (κ2) is 8.30. The molecule has 0 radical (unpaired) electrons. The first-order valence-electron chi connectivity index (χ1n) is 9.25. The number of hydrogen-bond acceptors (Lipinski definition) is 3. The van der Waals surface area contributed by atoms with E-state index in [4.69, 9.17) is 0 Å². The Morgan fingerprint density at radius 1 is 1.32 bits per heavy atom. The van der Waals surface area contributed by atoms with Crippen LogP contribution in [0.2, 0.25) is 0 Å². The Morgan fingerprint density at radius 3 is 2.88 bits per heavy atom. The average Bonchev–Trinajstić information content (AvgIpc) is 3.01. The third-order valence-electron chi connectivity index (χ3n) is 4.77. The fourth-order valence-electron chi connectivity index (χ4n) is 3.54. The number of piperidine rings is 1. The van der Waals surface area contributed by atoms with E-state index in [1.807, 2.05) is 29.9 Å². The largest absolute Gasteiger partial charge is 0.356 e. The van der Waals surface area contributed by atoms with Crippen LogP contribution >= 0.6 is 0 Å². The molecule has 1 saturated heterocycles. The van der Waals surface area contributed by atoms with Gasteiger partial charge in [0.2, 0.25) is 5.91 Å². The van der Waals surface area contributed by atoms with E-state index in [0.717, 1.165) is 56.7 Å². The fourth-order valence-corrected chi connectivity index (χ4v) is 3.54. The Balaban J connectivity index is 1.69. The molecule has 0 bridgehead atoms. The molecule has 1 amide bonds. The number of amides is 1. The second-order valence-corrected chi connectivity index (χ2v) is 6.91. The maximum absolute atomic E-state index is 12.3. The van der Waals surface area contributed by atoms with Gasteiger partial charge in [0.25, 0.3) is 0 Å². The van der Waals surface area contributed by atoms with E-state index >= 15 is 0 Å². The summed E-state index contributed by atoms with van der Waals surface area (Å²) in [7, 11) is 1.97. The topological polar surface area (TPSA) is 50.2 Å². The molecule has 134 valence electrons. The monoisotopic (exact) mass is 340 g/mol. The first-order valence-corrected chi connectivity index (χ1v) is 9.25. The third-order valence-corrected chi connectivity index (χ3v) is 4.77. The van der Waals surface area contributed by atoms with E-state index in [2.05, 4.69) is 40.6 Å². The molecule has 2 heterocycles. The number of benzene rings is 1. The quantitative estimate of drug-likeness (QED) is 0.880. The van der Waals surface area contributed by atoms with E-state index in [1.165, 1.54) is 5.56 Å². The van der Waals surface area contributed by atoms with Crippen LogP contribution in [0.5, 0.6) is 0 Å². The SMILES string of the molecule is CCCNC(=O)C1CCCN(Cc2cn(C)nc2-c2ccccc2)C1. The smallest absolute Gasteiger partial charge is 0.224 e. The minimum atomic E-state index is 0.108. The van der Waals surface area contributed by atoms with E-state index in [-0.39, 0.29) is 11.8 Å². The van der Waals surface area contributed by atoms with Crippen LogP contribution in [0.3, 0.4) is 0 Å². The molecule has 0 aliphatic carbocycles. The molecule has 1 aromatic carbocycles. The number of carbonyl (C=O) groups excluding carboxylic acids is 1. The fraction of sp³-hybridized carbons (Fsp3) is 0.500. The summed E-state index contributed by atoms with van der Waals surface area (Å²) in [6, 6.07) is 10.3. The van der Waals surface area contributed by atoms with Crippen LogP contribution in [0.1, 0.15) is 31.7 Å². The Morgan fingerprint density at radius 2 is 2.12 bits per heavy atom. The summed E-state index contributed by atoms with van der Waals surface area (Å²) in [4.78, 5) is 14.7. The number of nitrogens with zero attached hydrogens (tertiary/aromatic N) is 3. The van der Waals surface area contributed by atoms with Gasteiger partial charge in [0.05, 0.1) is 11.6 Å². The maximum Gasteiger partial charge on any atom is 0.224 e. The normalized spacial score (nSPS) is 18.2. The lowest BCUT2D eigenvalue weighted by atomic mass is 9.96. The Labute approximate surface area is 150 Å². The molecule has 2 aromatic rings. The van der Waals surface area contributed by atoms with Crippen molar-refractivity contribution < 1.29 is 4.79 Å². The van der Waals surface area contributed by atoms with Gasteiger partial charge in [-0.1, -0.05) is 37.3 Å². The zero-order valence-electron chi connectivity index (χ0n) is 15.2. The van der Waals surface area contributed by atoms with Crippen LogP contribution in [0.15, 0.2) is 36.5 Å². The average molecular weight is 340 g/mol. The lowest BCUT2D eigenvalue weighted by Gasteiger charge is -2.31. The number of nitrogens with one attached hydrogen (secondary N) is 1. The number of likely N-dealkylation sites (tertiary alicyclic amines) is 1. The minimum absolute atomic E-state index is 0.108. The molecule has 5 heteroatoms. The summed E-state index contributed by atoms with van der Waals surface area (Å²) < 4.78 is 1.88. The van der Waals surface area contributed by atoms with Crippen LogP contribution in [-0.2, 0) is 18.4 Å². The van der Waals surface area contributed by atoms with Gasteiger partial charge in [-0.25, -0.2) is 0 Å². The highest BCUT2D eigenvalue weighted by molar-refractivity contribution is 5.78. The molecule has 1 unspecified atom stereocenters. The van der Waals surface area contributed by atoms with Gasteiger partial charge < -0.3 is 5.32 Å². The predicted octanol–water partition coefficient (Wildman–Crippen LogP) is 2.83. The van der Waals surface area contributed by atoms with Gasteiger partial charge in [-0.05, 0) is 25.8 Å². The highest BCUT2D eigenvalue weighted by atomic mass is 16.1. The molecule has 1 fully saturated rings. The van der Waals surface area contributed by atoms with Gasteiger partial charge in [0.1, 0.15) is 0 Å². The highest BCUT2D eigenvalue weighted by Gasteiger charge is 2.26. The molecular weight excluding hydrogens is 312 g/mol. The lowest BCUT2D eigenvalue weighted by molar-refractivity contribution is -0.126. The molecule has 5 nitrogen and oxygen atoms in total. The summed E-state index contributed by atoms with van der Waals surface area (Å²) in [5.41, 5.74) is 3.41. The van der Waals surface area contributed by atoms with Gasteiger partial charge >= 0.3 is 0 Å². The van der Waals surface area contributed by atoms with Crippen molar-refractivity contribution in [1.82, 2.24) is 20.0 Å². The van der Waals surface area contributed by atoms with Crippen LogP contribution in [0.4, 0.5) is 0 Å². The van der Waals surface area contributed by atoms with Gasteiger partial charge in [-0.3, -0.25) is 14.4 Å². The van der Waals surface area contributed by atoms with E-state index < -0.39 is 0 Å². The number of aryl methyl sites for hydroxylation is 1. The van der Waals surface area contributed by atoms with E-state index in [1.54, 1.807) is 0 Å². The summed E-state index contributed by atoms with van der Waals surface area (Å²) in [5.74, 6) is 0.318. The van der Waals surface area contributed by atoms with E-state index in [0.29, 0.717) is 0 Å². The first kappa shape index (κ1) is 17.7. The van der Waals surface area contributed by atoms with Crippen molar-refractivity contribution in [2.45, 2.75) is 32.7 Å². The third kappa shape index (κ3) is 4.48. The zero-order valence-corrected chi connectivity index (χ0v) is 15.2. The van der Waals surface area contributed by atoms with Crippen LogP contribution in [0, 0.1) is 5.92 Å². The molecule has 1 aliphatic rings. The van der Waals surface area contributed by atoms with Crippen molar-refractivity contribution >= 4 is 5.91 Å². The van der Waals surface area contributed by atoms with Gasteiger partial charge in [-0.2, -0.15) is 5.10 Å². The minimum Gasteiger partial charge on any atom is -0.356 e.